The van der Waals surface area contributed by atoms with Crippen LogP contribution in [0.4, 0.5) is 0 Å². The Kier molecular flexibility index (Phi) is 7.38. The minimum absolute atomic E-state index is 0.0111. The fourth-order valence-corrected chi connectivity index (χ4v) is 5.04. The van der Waals surface area contributed by atoms with Crippen LogP contribution in [0.3, 0.4) is 0 Å². The van der Waals surface area contributed by atoms with Gasteiger partial charge in [-0.25, -0.2) is 4.68 Å². The highest BCUT2D eigenvalue weighted by Gasteiger charge is 2.17. The van der Waals surface area contributed by atoms with Gasteiger partial charge in [-0.15, -0.1) is 5.10 Å². The van der Waals surface area contributed by atoms with Gasteiger partial charge in [-0.3, -0.25) is 4.79 Å². The molecule has 10 heteroatoms. The number of benzene rings is 4. The maximum Gasteiger partial charge on any atom is 0.252 e. The van der Waals surface area contributed by atoms with Gasteiger partial charge in [-0.1, -0.05) is 54.2 Å². The summed E-state index contributed by atoms with van der Waals surface area (Å²) in [6.07, 6.45) is 0. The van der Waals surface area contributed by atoms with E-state index in [9.17, 15) is 9.90 Å². The van der Waals surface area contributed by atoms with Crippen LogP contribution >= 0.6 is 11.8 Å². The Balaban J connectivity index is 1.27. The summed E-state index contributed by atoms with van der Waals surface area (Å²) in [6.45, 7) is 4.37. The van der Waals surface area contributed by atoms with Crippen LogP contribution in [0.25, 0.3) is 10.8 Å². The zero-order valence-corrected chi connectivity index (χ0v) is 22.5. The number of thioether (sulfide) groups is 1. The van der Waals surface area contributed by atoms with Crippen LogP contribution in [0.2, 0.25) is 0 Å². The summed E-state index contributed by atoms with van der Waals surface area (Å²) in [6, 6.07) is 20.6. The highest BCUT2D eigenvalue weighted by Crippen LogP contribution is 2.38. The third-order valence-electron chi connectivity index (χ3n) is 6.29. The van der Waals surface area contributed by atoms with E-state index in [0.29, 0.717) is 28.9 Å². The Hall–Kier alpha value is -4.57. The minimum atomic E-state index is -0.725. The molecule has 0 aliphatic carbocycles. The number of aromatic hydroxyl groups is 1. The van der Waals surface area contributed by atoms with Gasteiger partial charge in [-0.05, 0) is 70.8 Å². The number of carbonyl (C=O) groups is 1. The second-order valence-corrected chi connectivity index (χ2v) is 10.1. The first-order valence-electron chi connectivity index (χ1n) is 12.2. The van der Waals surface area contributed by atoms with Crippen molar-refractivity contribution in [3.8, 4) is 23.0 Å². The first-order valence-corrected chi connectivity index (χ1v) is 13.2. The number of hydrogen-bond donors (Lipinski definition) is 2. The van der Waals surface area contributed by atoms with Crippen LogP contribution in [0.15, 0.2) is 71.9 Å². The molecule has 0 fully saturated rings. The number of fused-ring (bicyclic) bond motifs is 1. The molecule has 3 N–H and O–H groups in total. The molecule has 0 spiro atoms. The molecule has 1 heterocycles. The van der Waals surface area contributed by atoms with Gasteiger partial charge in [-0.2, -0.15) is 0 Å². The number of aryl methyl sites for hydroxylation is 3. The SMILES string of the molecule is Cc1cc(CSc2nnnn2C)ccc1OCc1ccc(Oc2cc(C(N)=O)c(O)c3ccccc23)c(C)c1. The van der Waals surface area contributed by atoms with Gasteiger partial charge in [0.1, 0.15) is 29.6 Å². The lowest BCUT2D eigenvalue weighted by Gasteiger charge is -2.15. The lowest BCUT2D eigenvalue weighted by atomic mass is 10.0. The summed E-state index contributed by atoms with van der Waals surface area (Å²) in [5, 5.41) is 23.9. The summed E-state index contributed by atoms with van der Waals surface area (Å²) in [7, 11) is 1.82. The van der Waals surface area contributed by atoms with Crippen LogP contribution in [-0.2, 0) is 19.4 Å². The van der Waals surface area contributed by atoms with Gasteiger partial charge in [0, 0.05) is 23.6 Å². The molecule has 0 radical (unpaired) electrons. The monoisotopic (exact) mass is 541 g/mol. The first kappa shape index (κ1) is 26.1. The molecule has 0 saturated heterocycles. The quantitative estimate of drug-likeness (QED) is 0.236. The number of carbonyl (C=O) groups excluding carboxylic acids is 1. The van der Waals surface area contributed by atoms with Gasteiger partial charge in [0.25, 0.3) is 5.91 Å². The molecule has 1 aromatic heterocycles. The van der Waals surface area contributed by atoms with Crippen LogP contribution < -0.4 is 15.2 Å². The zero-order chi connectivity index (χ0) is 27.5. The molecule has 39 heavy (non-hydrogen) atoms. The zero-order valence-electron chi connectivity index (χ0n) is 21.7. The predicted molar refractivity (Wildman–Crippen MR) is 149 cm³/mol. The van der Waals surface area contributed by atoms with Crippen molar-refractivity contribution in [1.29, 1.82) is 0 Å². The van der Waals surface area contributed by atoms with E-state index in [0.717, 1.165) is 38.9 Å². The van der Waals surface area contributed by atoms with Crippen molar-refractivity contribution in [3.05, 3.63) is 94.5 Å². The van der Waals surface area contributed by atoms with Crippen LogP contribution in [0.5, 0.6) is 23.0 Å². The molecule has 0 aliphatic rings. The molecule has 0 bridgehead atoms. The first-order chi connectivity index (χ1) is 18.8. The molecule has 5 rings (SSSR count). The number of aromatic nitrogens is 4. The second-order valence-electron chi connectivity index (χ2n) is 9.14. The van der Waals surface area contributed by atoms with E-state index in [-0.39, 0.29) is 11.3 Å². The van der Waals surface area contributed by atoms with E-state index in [1.165, 1.54) is 6.07 Å². The average molecular weight is 542 g/mol. The van der Waals surface area contributed by atoms with Gasteiger partial charge >= 0.3 is 0 Å². The van der Waals surface area contributed by atoms with Crippen LogP contribution in [0.1, 0.15) is 32.6 Å². The van der Waals surface area contributed by atoms with Crippen molar-refractivity contribution in [3.63, 3.8) is 0 Å². The van der Waals surface area contributed by atoms with E-state index in [1.54, 1.807) is 28.6 Å². The standard InChI is InChI=1S/C29H27N5O4S/c1-17-13-20(16-39-29-31-32-33-34(29)3)9-10-24(17)37-15-19-8-11-25(18(2)12-19)38-26-14-23(28(30)36)27(35)22-7-5-4-6-21(22)26/h4-14,35H,15-16H2,1-3H3,(H2,30,36). The highest BCUT2D eigenvalue weighted by molar-refractivity contribution is 7.98. The van der Waals surface area contributed by atoms with Crippen molar-refractivity contribution in [2.24, 2.45) is 12.8 Å². The summed E-state index contributed by atoms with van der Waals surface area (Å²) in [5.74, 6) is 1.76. The van der Waals surface area contributed by atoms with E-state index in [1.807, 2.05) is 63.4 Å². The number of nitrogens with zero attached hydrogens (tertiary/aromatic N) is 4. The van der Waals surface area contributed by atoms with E-state index < -0.39 is 5.91 Å². The molecule has 0 aliphatic heterocycles. The number of ether oxygens (including phenoxy) is 2. The molecule has 1 amide bonds. The Morgan fingerprint density at radius 1 is 0.949 bits per heavy atom. The van der Waals surface area contributed by atoms with Crippen molar-refractivity contribution in [2.45, 2.75) is 31.4 Å². The van der Waals surface area contributed by atoms with Gasteiger partial charge in [0.2, 0.25) is 5.16 Å². The molecule has 198 valence electrons. The minimum Gasteiger partial charge on any atom is -0.506 e. The normalized spacial score (nSPS) is 11.1. The Labute approximate surface area is 229 Å². The summed E-state index contributed by atoms with van der Waals surface area (Å²) < 4.78 is 14.0. The maximum absolute atomic E-state index is 11.9. The predicted octanol–water partition coefficient (Wildman–Crippen LogP) is 5.45. The van der Waals surface area contributed by atoms with E-state index in [4.69, 9.17) is 15.2 Å². The van der Waals surface area contributed by atoms with Crippen LogP contribution in [0, 0.1) is 13.8 Å². The lowest BCUT2D eigenvalue weighted by molar-refractivity contribution is 0.0997. The second kappa shape index (κ2) is 11.0. The van der Waals surface area contributed by atoms with Crippen molar-refractivity contribution in [2.75, 3.05) is 0 Å². The number of phenols is 1. The summed E-state index contributed by atoms with van der Waals surface area (Å²) in [4.78, 5) is 11.9. The van der Waals surface area contributed by atoms with Crippen LogP contribution in [-0.4, -0.2) is 31.2 Å². The highest BCUT2D eigenvalue weighted by atomic mass is 32.2. The van der Waals surface area contributed by atoms with E-state index >= 15 is 0 Å². The summed E-state index contributed by atoms with van der Waals surface area (Å²) in [5.41, 5.74) is 9.58. The maximum atomic E-state index is 11.9. The smallest absolute Gasteiger partial charge is 0.252 e. The third-order valence-corrected chi connectivity index (χ3v) is 7.37. The van der Waals surface area contributed by atoms with E-state index in [2.05, 4.69) is 21.6 Å². The number of nitrogens with two attached hydrogens (primary N) is 1. The Bertz CT molecular complexity index is 1680. The third kappa shape index (κ3) is 5.65. The number of tetrazole rings is 1. The number of amides is 1. The largest absolute Gasteiger partial charge is 0.506 e. The number of rotatable bonds is 9. The van der Waals surface area contributed by atoms with Gasteiger partial charge in [0.05, 0.1) is 5.56 Å². The Morgan fingerprint density at radius 2 is 1.64 bits per heavy atom. The number of primary amides is 1. The molecule has 0 saturated carbocycles. The van der Waals surface area contributed by atoms with Crippen molar-refractivity contribution >= 4 is 28.4 Å². The topological polar surface area (TPSA) is 125 Å². The molecule has 0 atom stereocenters. The molecule has 4 aromatic carbocycles. The number of hydrogen-bond acceptors (Lipinski definition) is 8. The van der Waals surface area contributed by atoms with Crippen molar-refractivity contribution in [1.82, 2.24) is 20.2 Å². The molecule has 5 aromatic rings. The molecule has 9 nitrogen and oxygen atoms in total. The molecular weight excluding hydrogens is 514 g/mol. The van der Waals surface area contributed by atoms with Gasteiger partial charge < -0.3 is 20.3 Å². The molecule has 0 unspecified atom stereocenters. The lowest BCUT2D eigenvalue weighted by Crippen LogP contribution is -2.11. The van der Waals surface area contributed by atoms with Crippen molar-refractivity contribution < 1.29 is 19.4 Å². The Morgan fingerprint density at radius 3 is 2.33 bits per heavy atom. The average Bonchev–Trinajstić information content (AvgIpc) is 3.34. The summed E-state index contributed by atoms with van der Waals surface area (Å²) >= 11 is 1.58. The molecular formula is C29H27N5O4S. The van der Waals surface area contributed by atoms with Gasteiger partial charge in [0.15, 0.2) is 0 Å². The fraction of sp³-hybridized carbons (Fsp3) is 0.172. The fourth-order valence-electron chi connectivity index (χ4n) is 4.25.